The molecular weight excluding hydrogens is 386 g/mol. The Labute approximate surface area is 172 Å². The molecule has 2 aromatic heterocycles. The van der Waals surface area contributed by atoms with E-state index in [9.17, 15) is 14.9 Å². The van der Waals surface area contributed by atoms with Crippen molar-refractivity contribution in [3.63, 3.8) is 0 Å². The predicted octanol–water partition coefficient (Wildman–Crippen LogP) is 3.93. The average molecular weight is 405 g/mol. The first-order valence-electron chi connectivity index (χ1n) is 9.33. The first kappa shape index (κ1) is 19.1. The minimum atomic E-state index is -0.917. The molecule has 1 aromatic carbocycles. The number of nitriles is 1. The summed E-state index contributed by atoms with van der Waals surface area (Å²) in [4.78, 5) is 30.6. The molecule has 0 saturated heterocycles. The molecule has 0 spiro atoms. The van der Waals surface area contributed by atoms with Gasteiger partial charge in [0.2, 0.25) is 0 Å². The van der Waals surface area contributed by atoms with Gasteiger partial charge in [0.1, 0.15) is 5.54 Å². The standard InChI is InChI=1S/C22H19N3O3S/c1-22(13-23,14-8-9-14)25-20(26)12-28-21(27)16-11-18(19-7-4-10-29-19)24-17-6-3-2-5-15(16)17/h2-7,10-11,14H,8-9,12H2,1H3,(H,25,26)/t22-/m0/s1. The van der Waals surface area contributed by atoms with Crippen LogP contribution in [0.3, 0.4) is 0 Å². The molecule has 0 aliphatic heterocycles. The van der Waals surface area contributed by atoms with Crippen molar-refractivity contribution in [1.29, 1.82) is 5.26 Å². The summed E-state index contributed by atoms with van der Waals surface area (Å²) in [7, 11) is 0. The Morgan fingerprint density at radius 2 is 2.10 bits per heavy atom. The zero-order valence-electron chi connectivity index (χ0n) is 15.8. The van der Waals surface area contributed by atoms with E-state index < -0.39 is 24.0 Å². The first-order valence-corrected chi connectivity index (χ1v) is 10.2. The van der Waals surface area contributed by atoms with Gasteiger partial charge in [0.05, 0.1) is 27.7 Å². The molecule has 146 valence electrons. The summed E-state index contributed by atoms with van der Waals surface area (Å²) in [6.45, 7) is 1.27. The number of benzene rings is 1. The molecule has 1 fully saturated rings. The maximum absolute atomic E-state index is 12.8. The van der Waals surface area contributed by atoms with E-state index in [-0.39, 0.29) is 5.92 Å². The molecule has 0 bridgehead atoms. The number of fused-ring (bicyclic) bond motifs is 1. The predicted molar refractivity (Wildman–Crippen MR) is 110 cm³/mol. The third kappa shape index (κ3) is 3.98. The van der Waals surface area contributed by atoms with Gasteiger partial charge in [0, 0.05) is 5.39 Å². The molecule has 0 radical (unpaired) electrons. The third-order valence-electron chi connectivity index (χ3n) is 5.07. The summed E-state index contributed by atoms with van der Waals surface area (Å²) >= 11 is 1.53. The lowest BCUT2D eigenvalue weighted by Gasteiger charge is -2.22. The number of thiophene rings is 1. The number of carbonyl (C=O) groups excluding carboxylic acids is 2. The topological polar surface area (TPSA) is 92.1 Å². The van der Waals surface area contributed by atoms with Gasteiger partial charge in [-0.3, -0.25) is 4.79 Å². The SMILES string of the molecule is C[C@@](C#N)(NC(=O)COC(=O)c1cc(-c2cccs2)nc2ccccc12)C1CC1. The summed E-state index contributed by atoms with van der Waals surface area (Å²) in [5, 5.41) is 14.7. The number of hydrogen-bond acceptors (Lipinski definition) is 6. The smallest absolute Gasteiger partial charge is 0.339 e. The highest BCUT2D eigenvalue weighted by Crippen LogP contribution is 2.39. The summed E-state index contributed by atoms with van der Waals surface area (Å²) in [6.07, 6.45) is 1.83. The van der Waals surface area contributed by atoms with Crippen molar-refractivity contribution in [3.8, 4) is 16.6 Å². The fourth-order valence-corrected chi connectivity index (χ4v) is 4.00. The van der Waals surface area contributed by atoms with Crippen molar-refractivity contribution < 1.29 is 14.3 Å². The van der Waals surface area contributed by atoms with Crippen LogP contribution in [0.4, 0.5) is 0 Å². The van der Waals surface area contributed by atoms with Gasteiger partial charge in [-0.1, -0.05) is 24.3 Å². The zero-order chi connectivity index (χ0) is 20.4. The zero-order valence-corrected chi connectivity index (χ0v) is 16.7. The van der Waals surface area contributed by atoms with E-state index in [0.717, 1.165) is 17.7 Å². The number of ether oxygens (including phenoxy) is 1. The van der Waals surface area contributed by atoms with E-state index in [4.69, 9.17) is 4.74 Å². The molecule has 3 aromatic rings. The lowest BCUT2D eigenvalue weighted by atomic mass is 9.98. The number of hydrogen-bond donors (Lipinski definition) is 1. The summed E-state index contributed by atoms with van der Waals surface area (Å²) in [5.41, 5.74) is 0.803. The molecule has 1 saturated carbocycles. The Hall–Kier alpha value is -3.24. The number of aromatic nitrogens is 1. The highest BCUT2D eigenvalue weighted by atomic mass is 32.1. The van der Waals surface area contributed by atoms with E-state index in [1.807, 2.05) is 35.7 Å². The Morgan fingerprint density at radius 1 is 1.31 bits per heavy atom. The fraction of sp³-hybridized carbons (Fsp3) is 0.273. The lowest BCUT2D eigenvalue weighted by molar-refractivity contribution is -0.125. The van der Waals surface area contributed by atoms with Crippen LogP contribution >= 0.6 is 11.3 Å². The van der Waals surface area contributed by atoms with E-state index in [0.29, 0.717) is 22.2 Å². The van der Waals surface area contributed by atoms with E-state index in [1.165, 1.54) is 11.3 Å². The molecule has 2 heterocycles. The minimum Gasteiger partial charge on any atom is -0.452 e. The number of carbonyl (C=O) groups is 2. The van der Waals surface area contributed by atoms with Crippen LogP contribution in [0.25, 0.3) is 21.5 Å². The highest BCUT2D eigenvalue weighted by Gasteiger charge is 2.43. The van der Waals surface area contributed by atoms with Gasteiger partial charge in [-0.05, 0) is 49.3 Å². The van der Waals surface area contributed by atoms with Gasteiger partial charge >= 0.3 is 5.97 Å². The molecule has 7 heteroatoms. The normalized spacial score (nSPS) is 15.3. The van der Waals surface area contributed by atoms with Crippen LogP contribution in [0.2, 0.25) is 0 Å². The molecule has 0 unspecified atom stereocenters. The van der Waals surface area contributed by atoms with Gasteiger partial charge in [-0.25, -0.2) is 9.78 Å². The van der Waals surface area contributed by atoms with Gasteiger partial charge in [-0.15, -0.1) is 11.3 Å². The summed E-state index contributed by atoms with van der Waals surface area (Å²) in [5.74, 6) is -0.919. The van der Waals surface area contributed by atoms with Crippen LogP contribution < -0.4 is 5.32 Å². The average Bonchev–Trinajstić information content (AvgIpc) is 3.46. The second-order valence-corrected chi connectivity index (χ2v) is 8.21. The summed E-state index contributed by atoms with van der Waals surface area (Å²) in [6, 6.07) is 15.0. The Balaban J connectivity index is 1.54. The monoisotopic (exact) mass is 405 g/mol. The third-order valence-corrected chi connectivity index (χ3v) is 5.96. The van der Waals surface area contributed by atoms with Crippen molar-refractivity contribution in [2.45, 2.75) is 25.3 Å². The quantitative estimate of drug-likeness (QED) is 0.628. The number of pyridine rings is 1. The lowest BCUT2D eigenvalue weighted by Crippen LogP contribution is -2.48. The maximum atomic E-state index is 12.8. The van der Waals surface area contributed by atoms with E-state index in [1.54, 1.807) is 19.1 Å². The van der Waals surface area contributed by atoms with Gasteiger partial charge in [0.25, 0.3) is 5.91 Å². The van der Waals surface area contributed by atoms with Crippen molar-refractivity contribution in [2.75, 3.05) is 6.61 Å². The van der Waals surface area contributed by atoms with Crippen LogP contribution in [0.15, 0.2) is 47.8 Å². The van der Waals surface area contributed by atoms with Gasteiger partial charge < -0.3 is 10.1 Å². The van der Waals surface area contributed by atoms with Crippen LogP contribution in [-0.2, 0) is 9.53 Å². The van der Waals surface area contributed by atoms with Crippen molar-refractivity contribution in [2.24, 2.45) is 5.92 Å². The molecule has 1 aliphatic rings. The second-order valence-electron chi connectivity index (χ2n) is 7.26. The molecule has 6 nitrogen and oxygen atoms in total. The number of amides is 1. The van der Waals surface area contributed by atoms with Gasteiger partial charge in [0.15, 0.2) is 6.61 Å². The van der Waals surface area contributed by atoms with Crippen LogP contribution in [0, 0.1) is 17.2 Å². The van der Waals surface area contributed by atoms with E-state index >= 15 is 0 Å². The fourth-order valence-electron chi connectivity index (χ4n) is 3.31. The minimum absolute atomic E-state index is 0.157. The van der Waals surface area contributed by atoms with Crippen molar-refractivity contribution in [1.82, 2.24) is 10.3 Å². The maximum Gasteiger partial charge on any atom is 0.339 e. The van der Waals surface area contributed by atoms with Crippen molar-refractivity contribution >= 4 is 34.1 Å². The summed E-state index contributed by atoms with van der Waals surface area (Å²) < 4.78 is 5.28. The molecule has 29 heavy (non-hydrogen) atoms. The van der Waals surface area contributed by atoms with Crippen LogP contribution in [0.1, 0.15) is 30.1 Å². The molecule has 1 aliphatic carbocycles. The molecule has 1 N–H and O–H groups in total. The molecule has 1 amide bonds. The number of esters is 1. The number of nitrogens with one attached hydrogen (secondary N) is 1. The van der Waals surface area contributed by atoms with Crippen LogP contribution in [0.5, 0.6) is 0 Å². The molecular formula is C22H19N3O3S. The van der Waals surface area contributed by atoms with Crippen LogP contribution in [-0.4, -0.2) is 29.0 Å². The first-order chi connectivity index (χ1) is 14.0. The number of para-hydroxylation sites is 1. The Bertz CT molecular complexity index is 1120. The molecule has 1 atom stereocenters. The number of rotatable bonds is 6. The van der Waals surface area contributed by atoms with Gasteiger partial charge in [-0.2, -0.15) is 5.26 Å². The second kappa shape index (κ2) is 7.64. The van der Waals surface area contributed by atoms with Crippen molar-refractivity contribution in [3.05, 3.63) is 53.4 Å². The Morgan fingerprint density at radius 3 is 2.79 bits per heavy atom. The Kier molecular flexibility index (Phi) is 5.03. The van der Waals surface area contributed by atoms with E-state index in [2.05, 4.69) is 16.4 Å². The largest absolute Gasteiger partial charge is 0.452 e. The number of nitrogens with zero attached hydrogens (tertiary/aromatic N) is 2. The molecule has 4 rings (SSSR count). The highest BCUT2D eigenvalue weighted by molar-refractivity contribution is 7.13.